The minimum atomic E-state index is 0.379. The Morgan fingerprint density at radius 3 is 2.81 bits per heavy atom. The van der Waals surface area contributed by atoms with Crippen molar-refractivity contribution in [3.63, 3.8) is 0 Å². The SMILES string of the molecule is CCc1cc2c(-n3ccc(C(C)C)n3)nc(NN)nc2s1. The maximum absolute atomic E-state index is 5.48. The van der Waals surface area contributed by atoms with Gasteiger partial charge in [-0.05, 0) is 24.5 Å². The van der Waals surface area contributed by atoms with Crippen LogP contribution in [0.25, 0.3) is 16.0 Å². The second-order valence-corrected chi connectivity index (χ2v) is 6.26. The molecule has 3 aromatic heterocycles. The Morgan fingerprint density at radius 1 is 1.38 bits per heavy atom. The maximum Gasteiger partial charge on any atom is 0.240 e. The molecule has 0 unspecified atom stereocenters. The van der Waals surface area contributed by atoms with Crippen molar-refractivity contribution in [2.45, 2.75) is 33.1 Å². The van der Waals surface area contributed by atoms with E-state index in [9.17, 15) is 0 Å². The predicted octanol–water partition coefficient (Wildman–Crippen LogP) is 2.85. The van der Waals surface area contributed by atoms with Gasteiger partial charge in [-0.1, -0.05) is 20.8 Å². The zero-order valence-corrected chi connectivity index (χ0v) is 13.1. The molecule has 7 heteroatoms. The van der Waals surface area contributed by atoms with Gasteiger partial charge in [0.15, 0.2) is 5.82 Å². The van der Waals surface area contributed by atoms with Crippen LogP contribution >= 0.6 is 11.3 Å². The molecule has 0 saturated carbocycles. The molecule has 0 amide bonds. The number of fused-ring (bicyclic) bond motifs is 1. The number of nitrogens with one attached hydrogen (secondary N) is 1. The highest BCUT2D eigenvalue weighted by Gasteiger charge is 2.14. The molecule has 0 fully saturated rings. The molecule has 0 radical (unpaired) electrons. The Labute approximate surface area is 127 Å². The van der Waals surface area contributed by atoms with Gasteiger partial charge >= 0.3 is 0 Å². The number of nitrogens with zero attached hydrogens (tertiary/aromatic N) is 4. The van der Waals surface area contributed by atoms with Crippen LogP contribution < -0.4 is 11.3 Å². The molecule has 0 bridgehead atoms. The number of hydrazine groups is 1. The monoisotopic (exact) mass is 302 g/mol. The second-order valence-electron chi connectivity index (χ2n) is 5.14. The molecule has 0 aromatic carbocycles. The van der Waals surface area contributed by atoms with Gasteiger partial charge in [-0.2, -0.15) is 10.1 Å². The van der Waals surface area contributed by atoms with E-state index in [2.05, 4.69) is 47.3 Å². The van der Waals surface area contributed by atoms with Crippen LogP contribution in [0.5, 0.6) is 0 Å². The van der Waals surface area contributed by atoms with E-state index >= 15 is 0 Å². The Balaban J connectivity index is 2.20. The van der Waals surface area contributed by atoms with Gasteiger partial charge < -0.3 is 0 Å². The number of aromatic nitrogens is 4. The van der Waals surface area contributed by atoms with Crippen molar-refractivity contribution in [3.8, 4) is 5.82 Å². The van der Waals surface area contributed by atoms with Gasteiger partial charge in [0.25, 0.3) is 0 Å². The standard InChI is InChI=1S/C14H18N6S/c1-4-9-7-10-12(16-14(18-15)17-13(10)21-9)20-6-5-11(19-20)8(2)3/h5-8H,4,15H2,1-3H3,(H,16,17,18). The van der Waals surface area contributed by atoms with Gasteiger partial charge in [-0.15, -0.1) is 11.3 Å². The summed E-state index contributed by atoms with van der Waals surface area (Å²) in [7, 11) is 0. The molecule has 6 nitrogen and oxygen atoms in total. The van der Waals surface area contributed by atoms with Crippen molar-refractivity contribution in [3.05, 3.63) is 28.9 Å². The Bertz CT molecular complexity index is 773. The average molecular weight is 302 g/mol. The van der Waals surface area contributed by atoms with E-state index < -0.39 is 0 Å². The molecule has 0 aliphatic carbocycles. The zero-order valence-electron chi connectivity index (χ0n) is 12.3. The molecule has 3 rings (SSSR count). The number of thiophene rings is 1. The normalized spacial score (nSPS) is 11.5. The maximum atomic E-state index is 5.48. The summed E-state index contributed by atoms with van der Waals surface area (Å²) in [5.74, 6) is 7.03. The topological polar surface area (TPSA) is 81.7 Å². The third kappa shape index (κ3) is 2.50. The lowest BCUT2D eigenvalue weighted by molar-refractivity contribution is 0.760. The van der Waals surface area contributed by atoms with Crippen LogP contribution in [0.2, 0.25) is 0 Å². The number of nitrogen functional groups attached to an aromatic ring is 1. The molecule has 3 N–H and O–H groups in total. The fourth-order valence-electron chi connectivity index (χ4n) is 2.13. The first-order valence-corrected chi connectivity index (χ1v) is 7.77. The molecule has 0 saturated heterocycles. The van der Waals surface area contributed by atoms with E-state index in [0.717, 1.165) is 28.1 Å². The highest BCUT2D eigenvalue weighted by molar-refractivity contribution is 7.18. The van der Waals surface area contributed by atoms with Crippen molar-refractivity contribution in [1.29, 1.82) is 0 Å². The first-order chi connectivity index (χ1) is 10.1. The van der Waals surface area contributed by atoms with Gasteiger partial charge in [0.2, 0.25) is 5.95 Å². The van der Waals surface area contributed by atoms with Crippen molar-refractivity contribution in [1.82, 2.24) is 19.7 Å². The van der Waals surface area contributed by atoms with E-state index in [0.29, 0.717) is 11.9 Å². The first-order valence-electron chi connectivity index (χ1n) is 6.95. The summed E-state index contributed by atoms with van der Waals surface area (Å²) >= 11 is 1.66. The number of anilines is 1. The lowest BCUT2D eigenvalue weighted by Gasteiger charge is -2.05. The summed E-state index contributed by atoms with van der Waals surface area (Å²) in [6.07, 6.45) is 2.91. The second kappa shape index (κ2) is 5.42. The van der Waals surface area contributed by atoms with E-state index in [1.165, 1.54) is 4.88 Å². The molecule has 0 spiro atoms. The summed E-state index contributed by atoms with van der Waals surface area (Å²) in [6, 6.07) is 4.15. The summed E-state index contributed by atoms with van der Waals surface area (Å²) < 4.78 is 1.80. The first kappa shape index (κ1) is 14.0. The van der Waals surface area contributed by atoms with Gasteiger partial charge in [0.05, 0.1) is 11.1 Å². The molecule has 3 aromatic rings. The lowest BCUT2D eigenvalue weighted by Crippen LogP contribution is -2.12. The molecule has 0 atom stereocenters. The molecular weight excluding hydrogens is 284 g/mol. The van der Waals surface area contributed by atoms with Crippen LogP contribution in [0.3, 0.4) is 0 Å². The highest BCUT2D eigenvalue weighted by Crippen LogP contribution is 2.29. The fourth-order valence-corrected chi connectivity index (χ4v) is 3.10. The number of hydrogen-bond acceptors (Lipinski definition) is 6. The lowest BCUT2D eigenvalue weighted by atomic mass is 10.1. The van der Waals surface area contributed by atoms with Crippen LogP contribution in [0.1, 0.15) is 37.3 Å². The van der Waals surface area contributed by atoms with Crippen LogP contribution in [-0.2, 0) is 6.42 Å². The predicted molar refractivity (Wildman–Crippen MR) is 85.8 cm³/mol. The van der Waals surface area contributed by atoms with Crippen LogP contribution in [0.4, 0.5) is 5.95 Å². The molecule has 3 heterocycles. The quantitative estimate of drug-likeness (QED) is 0.572. The third-order valence-corrected chi connectivity index (χ3v) is 4.49. The molecule has 21 heavy (non-hydrogen) atoms. The summed E-state index contributed by atoms with van der Waals surface area (Å²) in [4.78, 5) is 11.1. The third-order valence-electron chi connectivity index (χ3n) is 3.32. The fraction of sp³-hybridized carbons (Fsp3) is 0.357. The summed E-state index contributed by atoms with van der Waals surface area (Å²) in [5, 5.41) is 5.61. The number of aryl methyl sites for hydroxylation is 1. The molecule has 0 aliphatic rings. The van der Waals surface area contributed by atoms with E-state index in [-0.39, 0.29) is 0 Å². The Morgan fingerprint density at radius 2 is 2.19 bits per heavy atom. The zero-order chi connectivity index (χ0) is 15.0. The van der Waals surface area contributed by atoms with Gasteiger partial charge in [0.1, 0.15) is 4.83 Å². The smallest absolute Gasteiger partial charge is 0.240 e. The molecule has 110 valence electrons. The van der Waals surface area contributed by atoms with Crippen molar-refractivity contribution < 1.29 is 0 Å². The Hall–Kier alpha value is -1.99. The number of nitrogens with two attached hydrogens (primary N) is 1. The number of rotatable bonds is 4. The van der Waals surface area contributed by atoms with E-state index in [4.69, 9.17) is 5.84 Å². The van der Waals surface area contributed by atoms with Gasteiger partial charge in [0, 0.05) is 11.1 Å². The van der Waals surface area contributed by atoms with Crippen molar-refractivity contribution in [2.24, 2.45) is 5.84 Å². The minimum Gasteiger partial charge on any atom is -0.292 e. The van der Waals surface area contributed by atoms with Gasteiger partial charge in [-0.3, -0.25) is 5.43 Å². The van der Waals surface area contributed by atoms with E-state index in [1.54, 1.807) is 16.0 Å². The van der Waals surface area contributed by atoms with Crippen LogP contribution in [-0.4, -0.2) is 19.7 Å². The molecule has 0 aliphatic heterocycles. The van der Waals surface area contributed by atoms with Crippen molar-refractivity contribution >= 4 is 27.5 Å². The van der Waals surface area contributed by atoms with Crippen LogP contribution in [0, 0.1) is 0 Å². The number of hydrogen-bond donors (Lipinski definition) is 2. The summed E-state index contributed by atoms with van der Waals surface area (Å²) in [6.45, 7) is 6.37. The van der Waals surface area contributed by atoms with Gasteiger partial charge in [-0.25, -0.2) is 15.5 Å². The molecular formula is C14H18N6S. The largest absolute Gasteiger partial charge is 0.292 e. The summed E-state index contributed by atoms with van der Waals surface area (Å²) in [5.41, 5.74) is 3.57. The minimum absolute atomic E-state index is 0.379. The van der Waals surface area contributed by atoms with Crippen molar-refractivity contribution in [2.75, 3.05) is 5.43 Å². The van der Waals surface area contributed by atoms with E-state index in [1.807, 2.05) is 12.3 Å². The highest BCUT2D eigenvalue weighted by atomic mass is 32.1. The average Bonchev–Trinajstić information content (AvgIpc) is 3.12. The van der Waals surface area contributed by atoms with Crippen LogP contribution in [0.15, 0.2) is 18.3 Å². The Kier molecular flexibility index (Phi) is 3.60.